The Bertz CT molecular complexity index is 1470. The van der Waals surface area contributed by atoms with Gasteiger partial charge in [-0.15, -0.1) is 0 Å². The van der Waals surface area contributed by atoms with Gasteiger partial charge in [-0.25, -0.2) is 0 Å². The molecule has 0 aliphatic carbocycles. The van der Waals surface area contributed by atoms with Gasteiger partial charge in [-0.05, 0) is 96.3 Å². The summed E-state index contributed by atoms with van der Waals surface area (Å²) in [6, 6.07) is 0. The van der Waals surface area contributed by atoms with Gasteiger partial charge in [-0.2, -0.15) is 0 Å². The van der Waals surface area contributed by atoms with E-state index in [1.807, 2.05) is 0 Å². The lowest BCUT2D eigenvalue weighted by Crippen LogP contribution is -2.30. The first-order valence-electron chi connectivity index (χ1n) is 33.1. The molecule has 6 heteroatoms. The molecule has 0 N–H and O–H groups in total. The second-order valence-corrected chi connectivity index (χ2v) is 22.0. The van der Waals surface area contributed by atoms with Crippen molar-refractivity contribution in [3.05, 3.63) is 85.1 Å². The van der Waals surface area contributed by atoms with Crippen LogP contribution in [0.4, 0.5) is 0 Å². The maximum Gasteiger partial charge on any atom is 0.306 e. The van der Waals surface area contributed by atoms with Gasteiger partial charge in [0.1, 0.15) is 13.2 Å². The summed E-state index contributed by atoms with van der Waals surface area (Å²) in [4.78, 5) is 38.3. The van der Waals surface area contributed by atoms with Gasteiger partial charge in [-0.3, -0.25) is 14.4 Å². The Labute approximate surface area is 477 Å². The summed E-state index contributed by atoms with van der Waals surface area (Å²) in [6.07, 6.45) is 86.0. The lowest BCUT2D eigenvalue weighted by molar-refractivity contribution is -0.167. The van der Waals surface area contributed by atoms with Crippen molar-refractivity contribution in [2.75, 3.05) is 13.2 Å². The zero-order valence-corrected chi connectivity index (χ0v) is 51.0. The maximum absolute atomic E-state index is 12.9. The highest BCUT2D eigenvalue weighted by Crippen LogP contribution is 2.17. The minimum absolute atomic E-state index is 0.0911. The van der Waals surface area contributed by atoms with Crippen LogP contribution in [0.1, 0.15) is 329 Å². The van der Waals surface area contributed by atoms with Gasteiger partial charge < -0.3 is 14.2 Å². The molecule has 0 aromatic carbocycles. The van der Waals surface area contributed by atoms with Crippen molar-refractivity contribution in [3.63, 3.8) is 0 Å². The third-order valence-corrected chi connectivity index (χ3v) is 14.4. The van der Waals surface area contributed by atoms with Gasteiger partial charge in [0.25, 0.3) is 0 Å². The maximum atomic E-state index is 12.9. The fraction of sp³-hybridized carbons (Fsp3) is 0.761. The predicted molar refractivity (Wildman–Crippen MR) is 334 cm³/mol. The summed E-state index contributed by atoms with van der Waals surface area (Å²) in [6.45, 7) is 6.53. The number of hydrogen-bond acceptors (Lipinski definition) is 6. The third kappa shape index (κ3) is 63.3. The van der Waals surface area contributed by atoms with Crippen LogP contribution in [0.2, 0.25) is 0 Å². The van der Waals surface area contributed by atoms with Crippen LogP contribution in [-0.4, -0.2) is 37.2 Å². The number of hydrogen-bond donors (Lipinski definition) is 0. The van der Waals surface area contributed by atoms with Crippen LogP contribution in [0.15, 0.2) is 85.1 Å². The van der Waals surface area contributed by atoms with Crippen LogP contribution in [0, 0.1) is 0 Å². The van der Waals surface area contributed by atoms with Crippen LogP contribution in [0.25, 0.3) is 0 Å². The van der Waals surface area contributed by atoms with E-state index >= 15 is 0 Å². The average Bonchev–Trinajstić information content (AvgIpc) is 3.43. The van der Waals surface area contributed by atoms with E-state index < -0.39 is 6.10 Å². The Balaban J connectivity index is 4.35. The van der Waals surface area contributed by atoms with Crippen LogP contribution in [0.5, 0.6) is 0 Å². The molecular formula is C71H124O6. The summed E-state index contributed by atoms with van der Waals surface area (Å²) >= 11 is 0. The lowest BCUT2D eigenvalue weighted by Gasteiger charge is -2.18. The number of carbonyl (C=O) groups excluding carboxylic acids is 3. The number of esters is 3. The van der Waals surface area contributed by atoms with Gasteiger partial charge in [0.15, 0.2) is 6.10 Å². The largest absolute Gasteiger partial charge is 0.462 e. The molecule has 0 rings (SSSR count). The third-order valence-electron chi connectivity index (χ3n) is 14.4. The normalized spacial score (nSPS) is 12.6. The Kier molecular flexibility index (Phi) is 62.2. The number of unbranched alkanes of at least 4 members (excludes halogenated alkanes) is 35. The molecule has 0 bridgehead atoms. The number of carbonyl (C=O) groups is 3. The van der Waals surface area contributed by atoms with Crippen LogP contribution < -0.4 is 0 Å². The molecule has 0 saturated carbocycles. The zero-order valence-electron chi connectivity index (χ0n) is 51.0. The molecule has 0 aromatic rings. The smallest absolute Gasteiger partial charge is 0.306 e. The van der Waals surface area contributed by atoms with E-state index in [4.69, 9.17) is 14.2 Å². The van der Waals surface area contributed by atoms with Crippen LogP contribution >= 0.6 is 0 Å². The summed E-state index contributed by atoms with van der Waals surface area (Å²) < 4.78 is 16.9. The van der Waals surface area contributed by atoms with Gasteiger partial charge in [0.2, 0.25) is 0 Å². The standard InChI is InChI=1S/C71H124O6/c1-4-7-10-13-16-19-22-25-27-29-31-33-34-35-36-38-39-41-43-46-49-52-55-58-61-64-70(73)76-67-68(66-75-69(72)63-60-57-54-51-48-45-24-21-18-15-12-9-6-3)77-71(74)65-62-59-56-53-50-47-44-42-40-37-32-30-28-26-23-20-17-14-11-8-5-2/h8,11,17,20,26,28-29,31-32,37,42,44,50,53,68H,4-7,9-10,12-16,18-19,21-25,27,30,33-36,38-41,43,45-49,51-52,54-67H2,1-3H3/b11-8-,20-17-,28-26-,31-29-,37-32-,44-42-,53-50-. The van der Waals surface area contributed by atoms with Gasteiger partial charge in [-0.1, -0.05) is 298 Å². The molecule has 0 heterocycles. The molecular weight excluding hydrogens is 949 g/mol. The van der Waals surface area contributed by atoms with E-state index in [2.05, 4.69) is 106 Å². The quantitative estimate of drug-likeness (QED) is 0.0261. The SMILES string of the molecule is CC/C=C\C/C=C\C/C=C\C/C=C\C/C=C\C/C=C\CCCCC(=O)OC(COC(=O)CCCCCCCCCCCCCCC)COC(=O)CCCCCCCCCCCCCCC/C=C\CCCCCCCCCC. The molecule has 0 fully saturated rings. The molecule has 0 amide bonds. The van der Waals surface area contributed by atoms with E-state index in [-0.39, 0.29) is 37.5 Å². The van der Waals surface area contributed by atoms with Crippen molar-refractivity contribution in [3.8, 4) is 0 Å². The molecule has 77 heavy (non-hydrogen) atoms. The van der Waals surface area contributed by atoms with Gasteiger partial charge >= 0.3 is 17.9 Å². The molecule has 0 spiro atoms. The second kappa shape index (κ2) is 65.1. The van der Waals surface area contributed by atoms with Crippen molar-refractivity contribution in [1.29, 1.82) is 0 Å². The van der Waals surface area contributed by atoms with Crippen molar-refractivity contribution >= 4 is 17.9 Å². The molecule has 1 atom stereocenters. The van der Waals surface area contributed by atoms with E-state index in [0.29, 0.717) is 19.3 Å². The summed E-state index contributed by atoms with van der Waals surface area (Å²) in [5, 5.41) is 0. The first kappa shape index (κ1) is 73.6. The van der Waals surface area contributed by atoms with Crippen molar-refractivity contribution in [1.82, 2.24) is 0 Å². The van der Waals surface area contributed by atoms with E-state index in [9.17, 15) is 14.4 Å². The minimum Gasteiger partial charge on any atom is -0.462 e. The second-order valence-electron chi connectivity index (χ2n) is 22.0. The highest BCUT2D eigenvalue weighted by atomic mass is 16.6. The number of rotatable bonds is 60. The molecule has 444 valence electrons. The Morgan fingerprint density at radius 1 is 0.273 bits per heavy atom. The summed E-state index contributed by atoms with van der Waals surface area (Å²) in [7, 11) is 0. The highest BCUT2D eigenvalue weighted by Gasteiger charge is 2.19. The molecule has 0 aliphatic heterocycles. The minimum atomic E-state index is -0.799. The average molecular weight is 1070 g/mol. The predicted octanol–water partition coefficient (Wildman–Crippen LogP) is 22.7. The molecule has 0 aromatic heterocycles. The monoisotopic (exact) mass is 1070 g/mol. The topological polar surface area (TPSA) is 78.9 Å². The Hall–Kier alpha value is -3.41. The zero-order chi connectivity index (χ0) is 55.7. The number of ether oxygens (including phenoxy) is 3. The first-order chi connectivity index (χ1) is 38.0. The fourth-order valence-corrected chi connectivity index (χ4v) is 9.44. The van der Waals surface area contributed by atoms with Gasteiger partial charge in [0.05, 0.1) is 0 Å². The van der Waals surface area contributed by atoms with Crippen molar-refractivity contribution in [2.24, 2.45) is 0 Å². The Morgan fingerprint density at radius 3 is 0.831 bits per heavy atom. The van der Waals surface area contributed by atoms with Crippen molar-refractivity contribution in [2.45, 2.75) is 335 Å². The van der Waals surface area contributed by atoms with Crippen molar-refractivity contribution < 1.29 is 28.6 Å². The molecule has 6 nitrogen and oxygen atoms in total. The van der Waals surface area contributed by atoms with E-state index in [0.717, 1.165) is 89.9 Å². The molecule has 0 radical (unpaired) electrons. The van der Waals surface area contributed by atoms with E-state index in [1.165, 1.54) is 193 Å². The Morgan fingerprint density at radius 2 is 0.506 bits per heavy atom. The number of allylic oxidation sites excluding steroid dienone is 14. The first-order valence-corrected chi connectivity index (χ1v) is 33.1. The summed E-state index contributed by atoms with van der Waals surface area (Å²) in [5.74, 6) is -0.920. The van der Waals surface area contributed by atoms with Gasteiger partial charge in [0, 0.05) is 19.3 Å². The molecule has 0 aliphatic rings. The summed E-state index contributed by atoms with van der Waals surface area (Å²) in [5.41, 5.74) is 0. The fourth-order valence-electron chi connectivity index (χ4n) is 9.44. The van der Waals surface area contributed by atoms with Crippen LogP contribution in [0.3, 0.4) is 0 Å². The van der Waals surface area contributed by atoms with Crippen LogP contribution in [-0.2, 0) is 28.6 Å². The molecule has 0 saturated heterocycles. The molecule has 1 unspecified atom stereocenters. The lowest BCUT2D eigenvalue weighted by atomic mass is 10.0. The van der Waals surface area contributed by atoms with E-state index in [1.54, 1.807) is 0 Å². The highest BCUT2D eigenvalue weighted by molar-refractivity contribution is 5.71.